The van der Waals surface area contributed by atoms with Crippen LogP contribution in [0.3, 0.4) is 0 Å². The van der Waals surface area contributed by atoms with Gasteiger partial charge in [0.1, 0.15) is 5.54 Å². The maximum absolute atomic E-state index is 13.2. The summed E-state index contributed by atoms with van der Waals surface area (Å²) in [6, 6.07) is 20.2. The Hall–Kier alpha value is -2.20. The molecule has 0 aromatic heterocycles. The third-order valence-electron chi connectivity index (χ3n) is 4.66. The van der Waals surface area contributed by atoms with E-state index in [0.29, 0.717) is 32.9 Å². The molecule has 0 spiro atoms. The van der Waals surface area contributed by atoms with Crippen molar-refractivity contribution in [1.29, 1.82) is 0 Å². The molecule has 0 saturated carbocycles. The molecule has 1 aliphatic rings. The molecule has 136 valence electrons. The van der Waals surface area contributed by atoms with Gasteiger partial charge in [-0.15, -0.1) is 0 Å². The van der Waals surface area contributed by atoms with Crippen molar-refractivity contribution in [2.45, 2.75) is 12.0 Å². The first-order chi connectivity index (χ1) is 13.0. The van der Waals surface area contributed by atoms with E-state index < -0.39 is 5.54 Å². The number of benzene rings is 3. The summed E-state index contributed by atoms with van der Waals surface area (Å²) in [5.41, 5.74) is 2.08. The largest absolute Gasteiger partial charge is 0.366 e. The molecule has 27 heavy (non-hydrogen) atoms. The number of hydrogen-bond acceptors (Lipinski definition) is 2. The van der Waals surface area contributed by atoms with Gasteiger partial charge in [-0.3, -0.25) is 4.79 Å². The molecule has 1 amide bonds. The maximum atomic E-state index is 13.2. The second-order valence-corrected chi connectivity index (χ2v) is 7.74. The zero-order valence-electron chi connectivity index (χ0n) is 14.1. The van der Waals surface area contributed by atoms with E-state index in [1.807, 2.05) is 48.5 Å². The van der Waals surface area contributed by atoms with Crippen molar-refractivity contribution in [3.05, 3.63) is 92.9 Å². The third kappa shape index (κ3) is 3.39. The second kappa shape index (κ2) is 7.08. The lowest BCUT2D eigenvalue weighted by Crippen LogP contribution is -2.44. The van der Waals surface area contributed by atoms with Gasteiger partial charge in [0.2, 0.25) is 0 Å². The lowest BCUT2D eigenvalue weighted by atomic mass is 9.84. The van der Waals surface area contributed by atoms with Gasteiger partial charge in [0.15, 0.2) is 0 Å². The molecule has 3 nitrogen and oxygen atoms in total. The number of nitrogens with one attached hydrogen (secondary N) is 2. The van der Waals surface area contributed by atoms with Crippen LogP contribution >= 0.6 is 34.8 Å². The predicted molar refractivity (Wildman–Crippen MR) is 112 cm³/mol. The molecule has 1 unspecified atom stereocenters. The Balaban J connectivity index is 1.86. The van der Waals surface area contributed by atoms with Gasteiger partial charge in [-0.25, -0.2) is 0 Å². The number of hydrogen-bond donors (Lipinski definition) is 2. The van der Waals surface area contributed by atoms with Gasteiger partial charge in [0, 0.05) is 27.7 Å². The minimum Gasteiger partial charge on any atom is -0.366 e. The van der Waals surface area contributed by atoms with Gasteiger partial charge in [0.05, 0.1) is 10.7 Å². The molecule has 1 aliphatic heterocycles. The van der Waals surface area contributed by atoms with Crippen molar-refractivity contribution in [3.8, 4) is 0 Å². The lowest BCUT2D eigenvalue weighted by Gasteiger charge is -2.31. The molecule has 0 saturated heterocycles. The number of rotatable bonds is 4. The fraction of sp³-hybridized carbons (Fsp3) is 0.0952. The standard InChI is InChI=1S/C21H15Cl3N2O/c22-14-5-3-4-13(10-14)12-21(26-18-7-2-1-6-17(18)24)16-9-8-15(23)11-19(16)25-20(21)27/h1-11,26H,12H2,(H,25,27). The molecule has 3 aromatic rings. The monoisotopic (exact) mass is 416 g/mol. The topological polar surface area (TPSA) is 41.1 Å². The van der Waals surface area contributed by atoms with E-state index in [4.69, 9.17) is 34.8 Å². The quantitative estimate of drug-likeness (QED) is 0.534. The van der Waals surface area contributed by atoms with Crippen LogP contribution in [0.4, 0.5) is 11.4 Å². The minimum atomic E-state index is -1.03. The Morgan fingerprint density at radius 2 is 1.67 bits per heavy atom. The van der Waals surface area contributed by atoms with Gasteiger partial charge in [-0.2, -0.15) is 0 Å². The number of para-hydroxylation sites is 1. The lowest BCUT2D eigenvalue weighted by molar-refractivity contribution is -0.119. The Bertz CT molecular complexity index is 1040. The van der Waals surface area contributed by atoms with Crippen LogP contribution in [0.5, 0.6) is 0 Å². The fourth-order valence-electron chi connectivity index (χ4n) is 3.43. The Morgan fingerprint density at radius 3 is 2.44 bits per heavy atom. The van der Waals surface area contributed by atoms with Crippen molar-refractivity contribution in [1.82, 2.24) is 0 Å². The van der Waals surface area contributed by atoms with E-state index in [0.717, 1.165) is 11.1 Å². The van der Waals surface area contributed by atoms with Crippen LogP contribution in [0.15, 0.2) is 66.7 Å². The smallest absolute Gasteiger partial charge is 0.255 e. The van der Waals surface area contributed by atoms with E-state index in [-0.39, 0.29) is 5.91 Å². The molecule has 0 fully saturated rings. The maximum Gasteiger partial charge on any atom is 0.255 e. The number of anilines is 2. The highest BCUT2D eigenvalue weighted by Gasteiger charge is 2.47. The molecule has 6 heteroatoms. The van der Waals surface area contributed by atoms with Crippen LogP contribution in [-0.2, 0) is 16.8 Å². The average Bonchev–Trinajstić information content (AvgIpc) is 2.88. The molecule has 0 radical (unpaired) electrons. The van der Waals surface area contributed by atoms with E-state index >= 15 is 0 Å². The van der Waals surface area contributed by atoms with E-state index in [1.165, 1.54) is 0 Å². The van der Waals surface area contributed by atoms with Crippen LogP contribution in [0.1, 0.15) is 11.1 Å². The van der Waals surface area contributed by atoms with Crippen molar-refractivity contribution in [2.75, 3.05) is 10.6 Å². The highest BCUT2D eigenvalue weighted by molar-refractivity contribution is 6.33. The first-order valence-corrected chi connectivity index (χ1v) is 9.50. The molecule has 2 N–H and O–H groups in total. The molecule has 3 aromatic carbocycles. The van der Waals surface area contributed by atoms with Crippen molar-refractivity contribution >= 4 is 52.1 Å². The minimum absolute atomic E-state index is 0.167. The summed E-state index contributed by atoms with van der Waals surface area (Å²) < 4.78 is 0. The molecule has 4 rings (SSSR count). The number of fused-ring (bicyclic) bond motifs is 1. The summed E-state index contributed by atoms with van der Waals surface area (Å²) in [5.74, 6) is -0.167. The highest BCUT2D eigenvalue weighted by Crippen LogP contribution is 2.43. The molecular weight excluding hydrogens is 403 g/mol. The van der Waals surface area contributed by atoms with Crippen LogP contribution in [0.2, 0.25) is 15.1 Å². The van der Waals surface area contributed by atoms with Crippen molar-refractivity contribution < 1.29 is 4.79 Å². The zero-order chi connectivity index (χ0) is 19.0. The van der Waals surface area contributed by atoms with E-state index in [2.05, 4.69) is 10.6 Å². The normalized spacial score (nSPS) is 18.1. The zero-order valence-corrected chi connectivity index (χ0v) is 16.4. The predicted octanol–water partition coefficient (Wildman–Crippen LogP) is 6.15. The summed E-state index contributed by atoms with van der Waals surface area (Å²) in [5, 5.41) is 8.05. The Kier molecular flexibility index (Phi) is 4.77. The van der Waals surface area contributed by atoms with Gasteiger partial charge in [0.25, 0.3) is 5.91 Å². The van der Waals surface area contributed by atoms with Gasteiger partial charge in [-0.1, -0.05) is 65.1 Å². The van der Waals surface area contributed by atoms with E-state index in [9.17, 15) is 4.79 Å². The number of carbonyl (C=O) groups is 1. The third-order valence-corrected chi connectivity index (χ3v) is 5.46. The van der Waals surface area contributed by atoms with Crippen LogP contribution in [0.25, 0.3) is 0 Å². The van der Waals surface area contributed by atoms with Gasteiger partial charge >= 0.3 is 0 Å². The summed E-state index contributed by atoms with van der Waals surface area (Å²) in [6.07, 6.45) is 0.402. The molecule has 1 heterocycles. The summed E-state index contributed by atoms with van der Waals surface area (Å²) in [4.78, 5) is 13.2. The fourth-order valence-corrected chi connectivity index (χ4v) is 4.00. The second-order valence-electron chi connectivity index (χ2n) is 6.46. The van der Waals surface area contributed by atoms with Crippen LogP contribution < -0.4 is 10.6 Å². The van der Waals surface area contributed by atoms with Crippen molar-refractivity contribution in [3.63, 3.8) is 0 Å². The summed E-state index contributed by atoms with van der Waals surface area (Å²) >= 11 is 18.6. The SMILES string of the molecule is O=C1Nc2cc(Cl)ccc2C1(Cc1cccc(Cl)c1)Nc1ccccc1Cl. The first kappa shape index (κ1) is 18.2. The van der Waals surface area contributed by atoms with E-state index in [1.54, 1.807) is 18.2 Å². The molecule has 1 atom stereocenters. The number of halogens is 3. The molecule has 0 bridgehead atoms. The summed E-state index contributed by atoms with van der Waals surface area (Å²) in [6.45, 7) is 0. The molecule has 0 aliphatic carbocycles. The molecular formula is C21H15Cl3N2O. The van der Waals surface area contributed by atoms with Gasteiger partial charge in [-0.05, 0) is 42.0 Å². The van der Waals surface area contributed by atoms with Crippen LogP contribution in [0, 0.1) is 0 Å². The Labute approximate surface area is 172 Å². The Morgan fingerprint density at radius 1 is 0.889 bits per heavy atom. The van der Waals surface area contributed by atoms with Crippen molar-refractivity contribution in [2.24, 2.45) is 0 Å². The average molecular weight is 418 g/mol. The first-order valence-electron chi connectivity index (χ1n) is 8.36. The number of amides is 1. The number of carbonyl (C=O) groups excluding carboxylic acids is 1. The highest BCUT2D eigenvalue weighted by atomic mass is 35.5. The van der Waals surface area contributed by atoms with Crippen LogP contribution in [-0.4, -0.2) is 5.91 Å². The van der Waals surface area contributed by atoms with Gasteiger partial charge < -0.3 is 10.6 Å². The summed E-state index contributed by atoms with van der Waals surface area (Å²) in [7, 11) is 0.